The minimum atomic E-state index is -1.05. The van der Waals surface area contributed by atoms with Gasteiger partial charge in [-0.05, 0) is 43.2 Å². The number of hydrogen-bond acceptors (Lipinski definition) is 5. The van der Waals surface area contributed by atoms with Crippen LogP contribution in [0.15, 0.2) is 36.5 Å². The highest BCUT2D eigenvalue weighted by Gasteiger charge is 2.19. The Kier molecular flexibility index (Phi) is 4.53. The van der Waals surface area contributed by atoms with Crippen molar-refractivity contribution >= 4 is 22.7 Å². The first-order valence-corrected chi connectivity index (χ1v) is 9.20. The van der Waals surface area contributed by atoms with E-state index in [1.54, 1.807) is 12.3 Å². The Bertz CT molecular complexity index is 956. The summed E-state index contributed by atoms with van der Waals surface area (Å²) in [5.41, 5.74) is 3.46. The summed E-state index contributed by atoms with van der Waals surface area (Å²) >= 11 is 0. The topological polar surface area (TPSA) is 85.4 Å². The van der Waals surface area contributed by atoms with Crippen LogP contribution in [-0.2, 0) is 0 Å². The van der Waals surface area contributed by atoms with Crippen LogP contribution in [0.1, 0.15) is 24.3 Å². The largest absolute Gasteiger partial charge is 0.477 e. The number of piperazine rings is 1. The van der Waals surface area contributed by atoms with E-state index in [-0.39, 0.29) is 5.69 Å². The Morgan fingerprint density at radius 3 is 2.48 bits per heavy atom. The van der Waals surface area contributed by atoms with Crippen molar-refractivity contribution in [3.05, 3.63) is 42.2 Å². The lowest BCUT2D eigenvalue weighted by molar-refractivity contribution is 0.0691. The molecule has 0 saturated carbocycles. The number of carboxylic acid groups (broad SMARTS) is 1. The van der Waals surface area contributed by atoms with E-state index in [2.05, 4.69) is 51.0 Å². The Hall–Kier alpha value is -2.93. The lowest BCUT2D eigenvalue weighted by Crippen LogP contribution is -2.48. The standard InChI is InChI=1S/C20H23N5O2/c1-13(2)24-7-9-25(10-8-24)15-5-3-14(4-6-15)16-11-18(20(26)27)22-19-17(16)12-21-23-19/h3-6,11-13H,7-10H2,1-2H3,(H,26,27)(H,21,22,23). The molecule has 1 aromatic carbocycles. The third-order valence-corrected chi connectivity index (χ3v) is 5.23. The number of carboxylic acids is 1. The third kappa shape index (κ3) is 3.38. The zero-order chi connectivity index (χ0) is 19.0. The van der Waals surface area contributed by atoms with Gasteiger partial charge in [0.25, 0.3) is 0 Å². The number of fused-ring (bicyclic) bond motifs is 1. The maximum absolute atomic E-state index is 11.4. The molecule has 1 saturated heterocycles. The molecule has 0 bridgehead atoms. The first-order chi connectivity index (χ1) is 13.0. The maximum Gasteiger partial charge on any atom is 0.354 e. The van der Waals surface area contributed by atoms with E-state index in [1.807, 2.05) is 12.1 Å². The van der Waals surface area contributed by atoms with Crippen LogP contribution in [0.3, 0.4) is 0 Å². The molecular formula is C20H23N5O2. The van der Waals surface area contributed by atoms with Gasteiger partial charge >= 0.3 is 5.97 Å². The van der Waals surface area contributed by atoms with Gasteiger partial charge in [-0.25, -0.2) is 9.78 Å². The quantitative estimate of drug-likeness (QED) is 0.739. The molecule has 3 aromatic rings. The maximum atomic E-state index is 11.4. The number of pyridine rings is 1. The molecule has 1 fully saturated rings. The zero-order valence-corrected chi connectivity index (χ0v) is 15.5. The Labute approximate surface area is 157 Å². The van der Waals surface area contributed by atoms with E-state index < -0.39 is 5.97 Å². The third-order valence-electron chi connectivity index (χ3n) is 5.23. The van der Waals surface area contributed by atoms with Crippen molar-refractivity contribution in [2.75, 3.05) is 31.1 Å². The Morgan fingerprint density at radius 2 is 1.85 bits per heavy atom. The van der Waals surface area contributed by atoms with Crippen molar-refractivity contribution in [3.8, 4) is 11.1 Å². The van der Waals surface area contributed by atoms with Crippen LogP contribution < -0.4 is 4.90 Å². The van der Waals surface area contributed by atoms with Crippen LogP contribution in [0.4, 0.5) is 5.69 Å². The minimum Gasteiger partial charge on any atom is -0.477 e. The van der Waals surface area contributed by atoms with Crippen molar-refractivity contribution in [3.63, 3.8) is 0 Å². The van der Waals surface area contributed by atoms with E-state index in [4.69, 9.17) is 0 Å². The van der Waals surface area contributed by atoms with Crippen molar-refractivity contribution in [2.24, 2.45) is 0 Å². The number of nitrogens with zero attached hydrogens (tertiary/aromatic N) is 4. The number of H-pyrrole nitrogens is 1. The van der Waals surface area contributed by atoms with Gasteiger partial charge in [-0.3, -0.25) is 10.00 Å². The molecule has 2 aromatic heterocycles. The number of anilines is 1. The van der Waals surface area contributed by atoms with Gasteiger partial charge in [-0.1, -0.05) is 12.1 Å². The molecule has 0 amide bonds. The lowest BCUT2D eigenvalue weighted by Gasteiger charge is -2.38. The second kappa shape index (κ2) is 7.00. The predicted molar refractivity (Wildman–Crippen MR) is 105 cm³/mol. The van der Waals surface area contributed by atoms with Crippen LogP contribution in [0.5, 0.6) is 0 Å². The fourth-order valence-corrected chi connectivity index (χ4v) is 3.63. The summed E-state index contributed by atoms with van der Waals surface area (Å²) in [4.78, 5) is 20.4. The molecule has 7 nitrogen and oxygen atoms in total. The van der Waals surface area contributed by atoms with Gasteiger partial charge in [-0.2, -0.15) is 5.10 Å². The van der Waals surface area contributed by atoms with Crippen molar-refractivity contribution < 1.29 is 9.90 Å². The number of hydrogen-bond donors (Lipinski definition) is 2. The number of carbonyl (C=O) groups is 1. The van der Waals surface area contributed by atoms with Crippen LogP contribution in [-0.4, -0.2) is 63.4 Å². The van der Waals surface area contributed by atoms with E-state index in [1.165, 1.54) is 5.69 Å². The van der Waals surface area contributed by atoms with Crippen LogP contribution in [0, 0.1) is 0 Å². The molecule has 27 heavy (non-hydrogen) atoms. The fraction of sp³-hybridized carbons (Fsp3) is 0.350. The molecule has 0 aliphatic carbocycles. The predicted octanol–water partition coefficient (Wildman–Crippen LogP) is 2.85. The van der Waals surface area contributed by atoms with Crippen LogP contribution in [0.2, 0.25) is 0 Å². The summed E-state index contributed by atoms with van der Waals surface area (Å²) in [6, 6.07) is 10.5. The number of aromatic carboxylic acids is 1. The fourth-order valence-electron chi connectivity index (χ4n) is 3.63. The summed E-state index contributed by atoms with van der Waals surface area (Å²) in [6.45, 7) is 8.65. The molecule has 0 radical (unpaired) electrons. The van der Waals surface area contributed by atoms with Crippen molar-refractivity contribution in [1.82, 2.24) is 20.1 Å². The summed E-state index contributed by atoms with van der Waals surface area (Å²) in [7, 11) is 0. The van der Waals surface area contributed by atoms with Crippen molar-refractivity contribution in [1.29, 1.82) is 0 Å². The van der Waals surface area contributed by atoms with Gasteiger partial charge in [0.2, 0.25) is 0 Å². The van der Waals surface area contributed by atoms with Gasteiger partial charge in [0.05, 0.1) is 6.20 Å². The van der Waals surface area contributed by atoms with Gasteiger partial charge in [0.1, 0.15) is 0 Å². The number of rotatable bonds is 4. The van der Waals surface area contributed by atoms with Gasteiger partial charge in [0.15, 0.2) is 11.3 Å². The molecule has 140 valence electrons. The van der Waals surface area contributed by atoms with E-state index in [0.29, 0.717) is 11.7 Å². The number of nitrogens with one attached hydrogen (secondary N) is 1. The highest BCUT2D eigenvalue weighted by atomic mass is 16.4. The number of aromatic amines is 1. The minimum absolute atomic E-state index is 0.00985. The summed E-state index contributed by atoms with van der Waals surface area (Å²) in [6.07, 6.45) is 1.68. The molecule has 0 spiro atoms. The number of benzene rings is 1. The average molecular weight is 365 g/mol. The van der Waals surface area contributed by atoms with Crippen molar-refractivity contribution in [2.45, 2.75) is 19.9 Å². The molecule has 0 unspecified atom stereocenters. The van der Waals surface area contributed by atoms with Gasteiger partial charge in [-0.15, -0.1) is 0 Å². The first-order valence-electron chi connectivity index (χ1n) is 9.20. The molecule has 4 rings (SSSR count). The second-order valence-electron chi connectivity index (χ2n) is 7.16. The molecule has 2 N–H and O–H groups in total. The summed E-state index contributed by atoms with van der Waals surface area (Å²) < 4.78 is 0. The number of aromatic nitrogens is 3. The molecule has 1 aliphatic rings. The molecule has 3 heterocycles. The average Bonchev–Trinajstić information content (AvgIpc) is 3.16. The smallest absolute Gasteiger partial charge is 0.354 e. The van der Waals surface area contributed by atoms with Gasteiger partial charge < -0.3 is 10.0 Å². The van der Waals surface area contributed by atoms with E-state index >= 15 is 0 Å². The highest BCUT2D eigenvalue weighted by Crippen LogP contribution is 2.29. The van der Waals surface area contributed by atoms with E-state index in [9.17, 15) is 9.90 Å². The molecule has 1 aliphatic heterocycles. The van der Waals surface area contributed by atoms with Crippen LogP contribution in [0.25, 0.3) is 22.2 Å². The normalized spacial score (nSPS) is 15.6. The summed E-state index contributed by atoms with van der Waals surface area (Å²) in [5, 5.41) is 16.9. The lowest BCUT2D eigenvalue weighted by atomic mass is 10.0. The molecular weight excluding hydrogens is 342 g/mol. The monoisotopic (exact) mass is 365 g/mol. The highest BCUT2D eigenvalue weighted by molar-refractivity contribution is 5.97. The first kappa shape index (κ1) is 17.5. The van der Waals surface area contributed by atoms with Gasteiger partial charge in [0, 0.05) is 43.3 Å². The molecule has 0 atom stereocenters. The van der Waals surface area contributed by atoms with Crippen LogP contribution >= 0.6 is 0 Å². The van der Waals surface area contributed by atoms with E-state index in [0.717, 1.165) is 42.7 Å². The zero-order valence-electron chi connectivity index (χ0n) is 15.5. The summed E-state index contributed by atoms with van der Waals surface area (Å²) in [5.74, 6) is -1.05. The second-order valence-corrected chi connectivity index (χ2v) is 7.16. The molecule has 7 heteroatoms. The SMILES string of the molecule is CC(C)N1CCN(c2ccc(-c3cc(C(=O)O)nc4[nH]ncc34)cc2)CC1. The Balaban J connectivity index is 1.61. The Morgan fingerprint density at radius 1 is 1.15 bits per heavy atom.